The summed E-state index contributed by atoms with van der Waals surface area (Å²) >= 11 is 0. The third kappa shape index (κ3) is 3.96. The minimum atomic E-state index is -3.94. The van der Waals surface area contributed by atoms with Crippen LogP contribution in [0, 0.1) is 5.41 Å². The number of amides is 3. The van der Waals surface area contributed by atoms with Crippen molar-refractivity contribution in [1.29, 1.82) is 5.41 Å². The quantitative estimate of drug-likeness (QED) is 0.152. The lowest BCUT2D eigenvalue weighted by atomic mass is 10.2. The van der Waals surface area contributed by atoms with Gasteiger partial charge in [-0.2, -0.15) is 4.72 Å². The second-order valence-corrected chi connectivity index (χ2v) is 7.17. The van der Waals surface area contributed by atoms with Crippen LogP contribution in [0.2, 0.25) is 0 Å². The van der Waals surface area contributed by atoms with E-state index in [1.54, 1.807) is 0 Å². The molecule has 0 aromatic heterocycles. The Morgan fingerprint density at radius 1 is 1.23 bits per heavy atom. The van der Waals surface area contributed by atoms with Crippen molar-refractivity contribution in [3.05, 3.63) is 29.8 Å². The maximum atomic E-state index is 11.9. The summed E-state index contributed by atoms with van der Waals surface area (Å²) < 4.78 is 24.4. The van der Waals surface area contributed by atoms with Gasteiger partial charge in [0.25, 0.3) is 11.8 Å². The third-order valence-electron chi connectivity index (χ3n) is 3.39. The lowest BCUT2D eigenvalue weighted by molar-refractivity contribution is -0.127. The van der Waals surface area contributed by atoms with Crippen molar-refractivity contribution in [2.24, 2.45) is 5.73 Å². The predicted octanol–water partition coefficient (Wildman–Crippen LogP) is -3.01. The molecule has 2 rings (SSSR count). The molecule has 0 radical (unpaired) electrons. The molecule has 12 nitrogen and oxygen atoms in total. The maximum Gasteiger partial charge on any atom is 0.261 e. The normalized spacial score (nSPS) is 19.9. The summed E-state index contributed by atoms with van der Waals surface area (Å²) in [5.74, 6) is -2.99. The number of carbonyl (C=O) groups excluding carboxylic acids is 3. The fourth-order valence-corrected chi connectivity index (χ4v) is 3.20. The van der Waals surface area contributed by atoms with Crippen molar-refractivity contribution in [3.8, 4) is 0 Å². The number of anilines is 1. The molecular weight excluding hydrogens is 368 g/mol. The third-order valence-corrected chi connectivity index (χ3v) is 5.14. The summed E-state index contributed by atoms with van der Waals surface area (Å²) in [6, 6.07) is 5.70. The summed E-state index contributed by atoms with van der Waals surface area (Å²) in [5, 5.41) is 22.6. The molecule has 1 aromatic carbocycles. The minimum Gasteiger partial charge on any atom is -0.393 e. The molecular formula is C13H16N6O6S. The van der Waals surface area contributed by atoms with E-state index < -0.39 is 45.8 Å². The zero-order valence-corrected chi connectivity index (χ0v) is 14.0. The fourth-order valence-electron chi connectivity index (χ4n) is 1.96. The van der Waals surface area contributed by atoms with Crippen molar-refractivity contribution in [1.82, 2.24) is 15.4 Å². The number of aliphatic hydroxyl groups excluding tert-OH is 1. The van der Waals surface area contributed by atoms with E-state index in [9.17, 15) is 22.8 Å². The predicted molar refractivity (Wildman–Crippen MR) is 89.3 cm³/mol. The smallest absolute Gasteiger partial charge is 0.261 e. The molecule has 1 aromatic rings. The van der Waals surface area contributed by atoms with Gasteiger partial charge >= 0.3 is 0 Å². The number of imide groups is 1. The molecule has 8 N–H and O–H groups in total. The van der Waals surface area contributed by atoms with Crippen LogP contribution in [0.3, 0.4) is 0 Å². The Balaban J connectivity index is 1.87. The van der Waals surface area contributed by atoms with E-state index in [0.717, 1.165) is 0 Å². The van der Waals surface area contributed by atoms with E-state index in [4.69, 9.17) is 16.2 Å². The molecule has 26 heavy (non-hydrogen) atoms. The molecule has 13 heteroatoms. The fraction of sp³-hybridized carbons (Fsp3) is 0.231. The van der Waals surface area contributed by atoms with Crippen molar-refractivity contribution >= 4 is 39.4 Å². The monoisotopic (exact) mass is 384 g/mol. The molecule has 140 valence electrons. The van der Waals surface area contributed by atoms with Crippen molar-refractivity contribution in [2.45, 2.75) is 4.87 Å². The van der Waals surface area contributed by atoms with Crippen molar-refractivity contribution in [3.63, 3.8) is 0 Å². The van der Waals surface area contributed by atoms with Crippen LogP contribution in [0.1, 0.15) is 10.4 Å². The van der Waals surface area contributed by atoms with Gasteiger partial charge in [0.1, 0.15) is 0 Å². The zero-order chi connectivity index (χ0) is 19.5. The Labute approximate surface area is 147 Å². The highest BCUT2D eigenvalue weighted by Crippen LogP contribution is 2.28. The number of sulfonamides is 1. The molecule has 1 atom stereocenters. The molecule has 1 saturated heterocycles. The second-order valence-electron chi connectivity index (χ2n) is 5.27. The van der Waals surface area contributed by atoms with Gasteiger partial charge in [-0.1, -0.05) is 0 Å². The largest absolute Gasteiger partial charge is 0.393 e. The summed E-state index contributed by atoms with van der Waals surface area (Å²) in [6.07, 6.45) is 0. The van der Waals surface area contributed by atoms with Crippen LogP contribution >= 0.6 is 0 Å². The van der Waals surface area contributed by atoms with Crippen LogP contribution in [-0.2, 0) is 19.6 Å². The van der Waals surface area contributed by atoms with Crippen LogP contribution < -0.4 is 26.4 Å². The van der Waals surface area contributed by atoms with E-state index in [2.05, 4.69) is 5.32 Å². The summed E-state index contributed by atoms with van der Waals surface area (Å²) in [5.41, 5.74) is 5.77. The standard InChI is InChI=1S/C13H16N6O6S/c14-12(15)17-8-3-1-7(2-4-8)10(22)18-9(21)5-16-11(23)13(6-20)19-26(13,24)25/h1-4,19-20H,5-6H2,(H,16,23)(H4,14,15,17)(H,18,21,22)/t13-/m1/s1. The number of benzene rings is 1. The average Bonchev–Trinajstić information content (AvgIpc) is 3.15. The Kier molecular flexibility index (Phi) is 5.25. The number of nitrogens with two attached hydrogens (primary N) is 1. The van der Waals surface area contributed by atoms with Crippen molar-refractivity contribution < 1.29 is 27.9 Å². The van der Waals surface area contributed by atoms with Crippen LogP contribution in [0.25, 0.3) is 0 Å². The lowest BCUT2D eigenvalue weighted by Crippen LogP contribution is -2.47. The number of hydrogen-bond acceptors (Lipinski definition) is 7. The van der Waals surface area contributed by atoms with Crippen LogP contribution in [0.4, 0.5) is 5.69 Å². The summed E-state index contributed by atoms with van der Waals surface area (Å²) in [7, 11) is -3.94. The van der Waals surface area contributed by atoms with E-state index in [1.807, 2.05) is 15.4 Å². The number of guanidine groups is 1. The highest BCUT2D eigenvalue weighted by molar-refractivity contribution is 7.98. The van der Waals surface area contributed by atoms with Gasteiger partial charge in [-0.15, -0.1) is 0 Å². The Bertz CT molecular complexity index is 868. The molecule has 1 heterocycles. The van der Waals surface area contributed by atoms with Crippen molar-refractivity contribution in [2.75, 3.05) is 18.5 Å². The number of aliphatic hydroxyl groups is 1. The number of nitrogens with one attached hydrogen (secondary N) is 5. The Morgan fingerprint density at radius 2 is 1.81 bits per heavy atom. The summed E-state index contributed by atoms with van der Waals surface area (Å²) in [6.45, 7) is -1.64. The van der Waals surface area contributed by atoms with Gasteiger partial charge in [0.2, 0.25) is 20.8 Å². The summed E-state index contributed by atoms with van der Waals surface area (Å²) in [4.78, 5) is 33.2. The van der Waals surface area contributed by atoms with Crippen LogP contribution in [0.5, 0.6) is 0 Å². The first kappa shape index (κ1) is 19.3. The van der Waals surface area contributed by atoms with E-state index in [-0.39, 0.29) is 11.5 Å². The van der Waals surface area contributed by atoms with Crippen LogP contribution in [0.15, 0.2) is 24.3 Å². The first-order valence-electron chi connectivity index (χ1n) is 7.09. The van der Waals surface area contributed by atoms with Gasteiger partial charge in [-0.25, -0.2) is 8.42 Å². The molecule has 1 fully saturated rings. The van der Waals surface area contributed by atoms with Crippen LogP contribution in [-0.4, -0.2) is 55.2 Å². The molecule has 1 aliphatic heterocycles. The number of hydrogen-bond donors (Lipinski definition) is 7. The van der Waals surface area contributed by atoms with Gasteiger partial charge in [0.15, 0.2) is 5.96 Å². The first-order valence-corrected chi connectivity index (χ1v) is 8.57. The van der Waals surface area contributed by atoms with Gasteiger partial charge in [-0.05, 0) is 24.3 Å². The highest BCUT2D eigenvalue weighted by Gasteiger charge is 2.66. The molecule has 0 saturated carbocycles. The Hall–Kier alpha value is -3.03. The molecule has 1 aliphatic rings. The molecule has 0 aliphatic carbocycles. The highest BCUT2D eigenvalue weighted by atomic mass is 32.2. The second kappa shape index (κ2) is 7.07. The lowest BCUT2D eigenvalue weighted by Gasteiger charge is -2.09. The maximum absolute atomic E-state index is 11.9. The van der Waals surface area contributed by atoms with E-state index >= 15 is 0 Å². The zero-order valence-electron chi connectivity index (χ0n) is 13.2. The number of rotatable bonds is 6. The van der Waals surface area contributed by atoms with Gasteiger partial charge in [-0.3, -0.25) is 25.1 Å². The minimum absolute atomic E-state index is 0.136. The van der Waals surface area contributed by atoms with Gasteiger partial charge in [0.05, 0.1) is 13.2 Å². The SMILES string of the molecule is N=C(N)Nc1ccc(C(=O)NC(=O)CNC(=O)[C@]2(CO)NS2(=O)=O)cc1. The molecule has 0 bridgehead atoms. The Morgan fingerprint density at radius 3 is 2.27 bits per heavy atom. The van der Waals surface area contributed by atoms with Gasteiger partial charge < -0.3 is 21.5 Å². The number of carbonyl (C=O) groups is 3. The molecule has 0 unspecified atom stereocenters. The average molecular weight is 384 g/mol. The molecule has 3 amide bonds. The molecule has 0 spiro atoms. The topological polar surface area (TPSA) is 213 Å². The van der Waals surface area contributed by atoms with E-state index in [0.29, 0.717) is 5.69 Å². The first-order chi connectivity index (χ1) is 12.1. The van der Waals surface area contributed by atoms with Gasteiger partial charge in [0, 0.05) is 11.3 Å². The van der Waals surface area contributed by atoms with E-state index in [1.165, 1.54) is 24.3 Å².